The van der Waals surface area contributed by atoms with Crippen molar-refractivity contribution in [3.8, 4) is 0 Å². The lowest BCUT2D eigenvalue weighted by Gasteiger charge is -2.37. The number of hydrogen-bond donors (Lipinski definition) is 2. The van der Waals surface area contributed by atoms with Crippen LogP contribution in [-0.2, 0) is 42.4 Å². The van der Waals surface area contributed by atoms with E-state index in [-0.39, 0.29) is 54.7 Å². The van der Waals surface area contributed by atoms with Crippen LogP contribution in [0.3, 0.4) is 0 Å². The topological polar surface area (TPSA) is 117 Å². The Morgan fingerprint density at radius 3 is 2.48 bits per heavy atom. The van der Waals surface area contributed by atoms with E-state index in [4.69, 9.17) is 9.47 Å². The molecular formula is C32H42N2O7Si. The van der Waals surface area contributed by atoms with E-state index in [1.54, 1.807) is 9.80 Å². The number of amides is 2. The second-order valence-corrected chi connectivity index (χ2v) is 16.4. The lowest BCUT2D eigenvalue weighted by Crippen LogP contribution is -2.48. The molecule has 2 aromatic carbocycles. The van der Waals surface area contributed by atoms with E-state index in [2.05, 4.69) is 0 Å². The maximum absolute atomic E-state index is 14.3. The number of aliphatic hydroxyl groups excluding tert-OH is 1. The van der Waals surface area contributed by atoms with Gasteiger partial charge in [0.1, 0.15) is 0 Å². The smallest absolute Gasteiger partial charge is 0.305 e. The lowest BCUT2D eigenvalue weighted by molar-refractivity contribution is -0.151. The van der Waals surface area contributed by atoms with Crippen molar-refractivity contribution in [3.05, 3.63) is 65.2 Å². The van der Waals surface area contributed by atoms with Crippen LogP contribution in [0.5, 0.6) is 0 Å². The number of para-hydroxylation sites is 1. The standard InChI is InChI=1S/C32H42N2O7Si/c1-21-30(42(3,4)39)27(18-28(36)34-19-23-12-6-5-11-22(23)17-24(34)20-35)41-32(21)25-13-7-8-14-26(25)33(31(32)38)16-10-9-15-29(37)40-2/h5-8,11-14,21,24,27,30,35,39H,9-10,15-20H2,1-4H3/t21-,24-,27+,30-,32+/m0/s1. The van der Waals surface area contributed by atoms with Gasteiger partial charge in [-0.3, -0.25) is 14.4 Å². The number of carbonyl (C=O) groups is 3. The van der Waals surface area contributed by atoms with Crippen LogP contribution in [0.15, 0.2) is 48.5 Å². The van der Waals surface area contributed by atoms with Gasteiger partial charge in [0.2, 0.25) is 5.91 Å². The Balaban J connectivity index is 1.42. The molecule has 5 rings (SSSR count). The van der Waals surface area contributed by atoms with Gasteiger partial charge in [-0.1, -0.05) is 49.4 Å². The van der Waals surface area contributed by atoms with Crippen molar-refractivity contribution in [2.75, 3.05) is 25.2 Å². The van der Waals surface area contributed by atoms with Crippen molar-refractivity contribution in [2.24, 2.45) is 5.92 Å². The minimum Gasteiger partial charge on any atom is -0.469 e. The first kappa shape index (κ1) is 30.4. The van der Waals surface area contributed by atoms with E-state index in [0.29, 0.717) is 32.4 Å². The Bertz CT molecular complexity index is 1340. The summed E-state index contributed by atoms with van der Waals surface area (Å²) in [5, 5.41) is 10.2. The van der Waals surface area contributed by atoms with Crippen LogP contribution < -0.4 is 4.90 Å². The second-order valence-electron chi connectivity index (χ2n) is 12.4. The van der Waals surface area contributed by atoms with Crippen molar-refractivity contribution in [3.63, 3.8) is 0 Å². The van der Waals surface area contributed by atoms with E-state index in [9.17, 15) is 24.3 Å². The number of nitrogens with zero attached hydrogens (tertiary/aromatic N) is 2. The van der Waals surface area contributed by atoms with Crippen molar-refractivity contribution in [1.82, 2.24) is 4.90 Å². The van der Waals surface area contributed by atoms with Gasteiger partial charge in [-0.2, -0.15) is 0 Å². The molecule has 226 valence electrons. The van der Waals surface area contributed by atoms with E-state index in [0.717, 1.165) is 22.4 Å². The molecule has 10 heteroatoms. The number of hydrogen-bond acceptors (Lipinski definition) is 7. The van der Waals surface area contributed by atoms with Gasteiger partial charge in [-0.25, -0.2) is 0 Å². The number of rotatable bonds is 9. The van der Waals surface area contributed by atoms with Crippen molar-refractivity contribution < 1.29 is 33.8 Å². The van der Waals surface area contributed by atoms with Crippen LogP contribution in [0.25, 0.3) is 0 Å². The quantitative estimate of drug-likeness (QED) is 0.259. The molecule has 5 atom stereocenters. The zero-order valence-corrected chi connectivity index (χ0v) is 25.9. The number of fused-ring (bicyclic) bond motifs is 3. The molecule has 2 N–H and O–H groups in total. The molecule has 42 heavy (non-hydrogen) atoms. The molecule has 0 radical (unpaired) electrons. The SMILES string of the molecule is COC(=O)CCCCN1C(=O)[C@]2(O[C@H](CC(=O)N3Cc4ccccc4C[C@H]3CO)[C@@H]([Si](C)(C)O)[C@@H]2C)c2ccccc21. The molecule has 2 amide bonds. The van der Waals surface area contributed by atoms with E-state index in [1.165, 1.54) is 7.11 Å². The third-order valence-electron chi connectivity index (χ3n) is 9.39. The first-order valence-corrected chi connectivity index (χ1v) is 17.9. The lowest BCUT2D eigenvalue weighted by atomic mass is 9.82. The summed E-state index contributed by atoms with van der Waals surface area (Å²) in [6, 6.07) is 15.2. The summed E-state index contributed by atoms with van der Waals surface area (Å²) in [4.78, 5) is 54.8. The monoisotopic (exact) mass is 594 g/mol. The zero-order valence-electron chi connectivity index (χ0n) is 24.9. The summed E-state index contributed by atoms with van der Waals surface area (Å²) in [5.41, 5.74) is 2.03. The van der Waals surface area contributed by atoms with Crippen LogP contribution in [0.4, 0.5) is 5.69 Å². The Morgan fingerprint density at radius 1 is 1.10 bits per heavy atom. The highest BCUT2D eigenvalue weighted by atomic mass is 28.4. The van der Waals surface area contributed by atoms with Gasteiger partial charge in [-0.15, -0.1) is 0 Å². The molecular weight excluding hydrogens is 552 g/mol. The van der Waals surface area contributed by atoms with E-state index in [1.807, 2.05) is 68.5 Å². The molecule has 2 aromatic rings. The summed E-state index contributed by atoms with van der Waals surface area (Å²) in [5.74, 6) is -0.989. The summed E-state index contributed by atoms with van der Waals surface area (Å²) in [7, 11) is -1.57. The van der Waals surface area contributed by atoms with Gasteiger partial charge in [-0.05, 0) is 49.5 Å². The van der Waals surface area contributed by atoms with Crippen LogP contribution >= 0.6 is 0 Å². The number of unbranched alkanes of at least 4 members (excludes halogenated alkanes) is 1. The molecule has 3 aliphatic rings. The van der Waals surface area contributed by atoms with Crippen molar-refractivity contribution in [2.45, 2.75) is 82.0 Å². The van der Waals surface area contributed by atoms with Gasteiger partial charge in [0.05, 0.1) is 38.0 Å². The minimum absolute atomic E-state index is 0.0149. The maximum atomic E-state index is 14.3. The molecule has 3 heterocycles. The maximum Gasteiger partial charge on any atom is 0.305 e. The van der Waals surface area contributed by atoms with Gasteiger partial charge in [0.25, 0.3) is 5.91 Å². The summed E-state index contributed by atoms with van der Waals surface area (Å²) in [6.45, 7) is 6.33. The minimum atomic E-state index is -2.93. The average molecular weight is 595 g/mol. The molecule has 9 nitrogen and oxygen atoms in total. The molecule has 0 bridgehead atoms. The molecule has 0 aromatic heterocycles. The van der Waals surface area contributed by atoms with Crippen molar-refractivity contribution >= 4 is 31.8 Å². The fourth-order valence-electron chi connectivity index (χ4n) is 7.43. The normalized spacial score (nSPS) is 26.9. The van der Waals surface area contributed by atoms with Crippen LogP contribution in [-0.4, -0.2) is 73.3 Å². The fraction of sp³-hybridized carbons (Fsp3) is 0.531. The Hall–Kier alpha value is -3.05. The van der Waals surface area contributed by atoms with Crippen LogP contribution in [0.2, 0.25) is 18.6 Å². The molecule has 0 unspecified atom stereocenters. The number of aliphatic hydroxyl groups is 1. The predicted molar refractivity (Wildman–Crippen MR) is 160 cm³/mol. The van der Waals surface area contributed by atoms with Gasteiger partial charge >= 0.3 is 5.97 Å². The molecule has 3 aliphatic heterocycles. The summed E-state index contributed by atoms with van der Waals surface area (Å²) in [6.07, 6.45) is 1.41. The Morgan fingerprint density at radius 2 is 1.79 bits per heavy atom. The highest BCUT2D eigenvalue weighted by molar-refractivity contribution is 6.71. The fourth-order valence-corrected chi connectivity index (χ4v) is 9.98. The van der Waals surface area contributed by atoms with Crippen molar-refractivity contribution in [1.29, 1.82) is 0 Å². The molecule has 1 fully saturated rings. The number of carbonyl (C=O) groups excluding carboxylic acids is 3. The summed E-state index contributed by atoms with van der Waals surface area (Å²) >= 11 is 0. The predicted octanol–water partition coefficient (Wildman–Crippen LogP) is 3.51. The number of methoxy groups -OCH3 is 1. The second kappa shape index (κ2) is 11.9. The van der Waals surface area contributed by atoms with E-state index < -0.39 is 20.0 Å². The first-order chi connectivity index (χ1) is 20.0. The highest BCUT2D eigenvalue weighted by Crippen LogP contribution is 2.59. The van der Waals surface area contributed by atoms with Crippen LogP contribution in [0.1, 0.15) is 49.3 Å². The van der Waals surface area contributed by atoms with Crippen LogP contribution in [0, 0.1) is 5.92 Å². The molecule has 0 saturated carbocycles. The average Bonchev–Trinajstić information content (AvgIpc) is 3.40. The van der Waals surface area contributed by atoms with Gasteiger partial charge in [0, 0.05) is 36.5 Å². The number of anilines is 1. The summed E-state index contributed by atoms with van der Waals surface area (Å²) < 4.78 is 11.5. The third-order valence-corrected chi connectivity index (χ3v) is 11.9. The Kier molecular flexibility index (Phi) is 8.62. The third kappa shape index (κ3) is 5.30. The molecule has 0 aliphatic carbocycles. The number of esters is 1. The largest absolute Gasteiger partial charge is 0.469 e. The first-order valence-electron chi connectivity index (χ1n) is 14.9. The Labute approximate surface area is 248 Å². The van der Waals surface area contributed by atoms with Gasteiger partial charge in [0.15, 0.2) is 13.9 Å². The zero-order chi connectivity index (χ0) is 30.2. The molecule has 1 saturated heterocycles. The number of ether oxygens (including phenoxy) is 2. The molecule has 1 spiro atoms. The number of benzene rings is 2. The van der Waals surface area contributed by atoms with Gasteiger partial charge < -0.3 is 29.2 Å². The van der Waals surface area contributed by atoms with E-state index >= 15 is 0 Å². The highest BCUT2D eigenvalue weighted by Gasteiger charge is 2.66.